The van der Waals surface area contributed by atoms with E-state index in [1.54, 1.807) is 35.4 Å². The molecular formula is C30H34N6O4. The van der Waals surface area contributed by atoms with Gasteiger partial charge in [0.15, 0.2) is 0 Å². The van der Waals surface area contributed by atoms with E-state index < -0.39 is 11.5 Å². The number of anilines is 1. The standard InChI is InChI=1S/C30H34N6O4/c1-30(2,3)40-29(39)36-15-7-8-19(18-36)13-14-31-26(37)22-11-6-12-23-25(22)34-28(33-23)35-27(38)24-16-20-9-4-5-10-21(20)17-32-24/h4-6,9-12,16-17,19H,7-8,13-15,18H2,1-3H3,(H,31,37)(H2,33,34,35,38). The number of aromatic amines is 1. The molecule has 0 radical (unpaired) electrons. The van der Waals surface area contributed by atoms with E-state index in [0.717, 1.165) is 30.0 Å². The van der Waals surface area contributed by atoms with Crippen molar-refractivity contribution in [1.29, 1.82) is 0 Å². The molecule has 1 unspecified atom stereocenters. The molecule has 5 rings (SSSR count). The first-order valence-corrected chi connectivity index (χ1v) is 13.6. The van der Waals surface area contributed by atoms with Gasteiger partial charge in [0.2, 0.25) is 5.95 Å². The van der Waals surface area contributed by atoms with Crippen LogP contribution in [0.1, 0.15) is 60.9 Å². The molecule has 0 spiro atoms. The topological polar surface area (TPSA) is 129 Å². The summed E-state index contributed by atoms with van der Waals surface area (Å²) >= 11 is 0. The summed E-state index contributed by atoms with van der Waals surface area (Å²) in [4.78, 5) is 51.9. The van der Waals surface area contributed by atoms with Crippen molar-refractivity contribution in [2.24, 2.45) is 5.92 Å². The molecule has 1 fully saturated rings. The first-order valence-electron chi connectivity index (χ1n) is 13.6. The van der Waals surface area contributed by atoms with Gasteiger partial charge in [0.05, 0.1) is 11.1 Å². The number of carbonyl (C=O) groups is 3. The van der Waals surface area contributed by atoms with E-state index in [9.17, 15) is 14.4 Å². The highest BCUT2D eigenvalue weighted by Crippen LogP contribution is 2.23. The second kappa shape index (κ2) is 11.3. The summed E-state index contributed by atoms with van der Waals surface area (Å²) in [5.41, 5.74) is 1.26. The number of para-hydroxylation sites is 1. The number of benzene rings is 2. The van der Waals surface area contributed by atoms with E-state index in [0.29, 0.717) is 36.2 Å². The molecule has 3 amide bonds. The minimum absolute atomic E-state index is 0.236. The Balaban J connectivity index is 1.19. The summed E-state index contributed by atoms with van der Waals surface area (Å²) in [6.45, 7) is 7.37. The number of H-pyrrole nitrogens is 1. The van der Waals surface area contributed by atoms with Gasteiger partial charge in [0, 0.05) is 31.2 Å². The highest BCUT2D eigenvalue weighted by molar-refractivity contribution is 6.07. The van der Waals surface area contributed by atoms with E-state index in [4.69, 9.17) is 4.74 Å². The van der Waals surface area contributed by atoms with Crippen LogP contribution in [0.3, 0.4) is 0 Å². The van der Waals surface area contributed by atoms with E-state index in [1.165, 1.54) is 0 Å². The van der Waals surface area contributed by atoms with Crippen molar-refractivity contribution in [3.8, 4) is 0 Å². The SMILES string of the molecule is CC(C)(C)OC(=O)N1CCCC(CCNC(=O)c2cccc3[nH]c(NC(=O)c4cc5ccccc5cn4)nc23)C1. The van der Waals surface area contributed by atoms with Crippen LogP contribution < -0.4 is 10.6 Å². The van der Waals surface area contributed by atoms with Crippen molar-refractivity contribution in [1.82, 2.24) is 25.2 Å². The molecule has 10 heteroatoms. The number of rotatable bonds is 6. The maximum absolute atomic E-state index is 13.1. The molecule has 10 nitrogen and oxygen atoms in total. The monoisotopic (exact) mass is 542 g/mol. The molecule has 1 saturated heterocycles. The maximum atomic E-state index is 13.1. The van der Waals surface area contributed by atoms with Crippen LogP contribution in [-0.2, 0) is 4.74 Å². The molecule has 3 N–H and O–H groups in total. The van der Waals surface area contributed by atoms with Crippen LogP contribution in [0, 0.1) is 5.92 Å². The minimum atomic E-state index is -0.527. The summed E-state index contributed by atoms with van der Waals surface area (Å²) < 4.78 is 5.51. The Kier molecular flexibility index (Phi) is 7.68. The van der Waals surface area contributed by atoms with E-state index in [2.05, 4.69) is 25.6 Å². The summed E-state index contributed by atoms with van der Waals surface area (Å²) in [7, 11) is 0. The fourth-order valence-corrected chi connectivity index (χ4v) is 4.93. The van der Waals surface area contributed by atoms with Gasteiger partial charge in [0.25, 0.3) is 11.8 Å². The molecule has 1 aliphatic heterocycles. The Bertz CT molecular complexity index is 1560. The predicted octanol–water partition coefficient (Wildman–Crippen LogP) is 5.13. The molecule has 3 heterocycles. The zero-order chi connectivity index (χ0) is 28.3. The van der Waals surface area contributed by atoms with Gasteiger partial charge in [-0.1, -0.05) is 30.3 Å². The van der Waals surface area contributed by atoms with Gasteiger partial charge >= 0.3 is 6.09 Å². The third kappa shape index (κ3) is 6.39. The average molecular weight is 543 g/mol. The normalized spacial score (nSPS) is 15.7. The number of ether oxygens (including phenoxy) is 1. The third-order valence-corrected chi connectivity index (χ3v) is 6.86. The van der Waals surface area contributed by atoms with Gasteiger partial charge < -0.3 is 19.9 Å². The van der Waals surface area contributed by atoms with Crippen LogP contribution in [0.15, 0.2) is 54.7 Å². The largest absolute Gasteiger partial charge is 0.444 e. The number of aromatic nitrogens is 3. The Labute approximate surface area is 232 Å². The van der Waals surface area contributed by atoms with Crippen molar-refractivity contribution in [2.75, 3.05) is 25.0 Å². The molecule has 208 valence electrons. The molecule has 40 heavy (non-hydrogen) atoms. The molecule has 1 atom stereocenters. The Morgan fingerprint density at radius 3 is 2.67 bits per heavy atom. The first-order chi connectivity index (χ1) is 19.2. The number of fused-ring (bicyclic) bond motifs is 2. The minimum Gasteiger partial charge on any atom is -0.444 e. The van der Waals surface area contributed by atoms with Crippen LogP contribution >= 0.6 is 0 Å². The lowest BCUT2D eigenvalue weighted by molar-refractivity contribution is 0.0161. The highest BCUT2D eigenvalue weighted by atomic mass is 16.6. The molecule has 0 bridgehead atoms. The van der Waals surface area contributed by atoms with Crippen LogP contribution in [0.25, 0.3) is 21.8 Å². The van der Waals surface area contributed by atoms with Crippen molar-refractivity contribution in [2.45, 2.75) is 45.6 Å². The number of amides is 3. The molecule has 2 aromatic carbocycles. The summed E-state index contributed by atoms with van der Waals surface area (Å²) in [5, 5.41) is 7.60. The number of imidazole rings is 1. The fraction of sp³-hybridized carbons (Fsp3) is 0.367. The second-order valence-corrected chi connectivity index (χ2v) is 11.1. The summed E-state index contributed by atoms with van der Waals surface area (Å²) in [6, 6.07) is 14.7. The molecule has 2 aromatic heterocycles. The van der Waals surface area contributed by atoms with Crippen molar-refractivity contribution < 1.29 is 19.1 Å². The molecule has 4 aromatic rings. The number of pyridine rings is 1. The van der Waals surface area contributed by atoms with E-state index in [-0.39, 0.29) is 29.6 Å². The number of carbonyl (C=O) groups excluding carboxylic acids is 3. The zero-order valence-corrected chi connectivity index (χ0v) is 23.0. The van der Waals surface area contributed by atoms with Crippen molar-refractivity contribution in [3.05, 3.63) is 66.0 Å². The average Bonchev–Trinajstić information content (AvgIpc) is 3.34. The number of hydrogen-bond acceptors (Lipinski definition) is 6. The van der Waals surface area contributed by atoms with Gasteiger partial charge in [-0.3, -0.25) is 19.9 Å². The van der Waals surface area contributed by atoms with Crippen LogP contribution in [0.2, 0.25) is 0 Å². The van der Waals surface area contributed by atoms with Crippen LogP contribution in [0.5, 0.6) is 0 Å². The lowest BCUT2D eigenvalue weighted by Gasteiger charge is -2.34. The smallest absolute Gasteiger partial charge is 0.410 e. The van der Waals surface area contributed by atoms with Gasteiger partial charge in [-0.25, -0.2) is 9.78 Å². The first kappa shape index (κ1) is 27.1. The zero-order valence-electron chi connectivity index (χ0n) is 23.0. The van der Waals surface area contributed by atoms with Crippen LogP contribution in [0.4, 0.5) is 10.7 Å². The van der Waals surface area contributed by atoms with E-state index >= 15 is 0 Å². The number of nitrogens with zero attached hydrogens (tertiary/aromatic N) is 3. The third-order valence-electron chi connectivity index (χ3n) is 6.86. The van der Waals surface area contributed by atoms with Crippen LogP contribution in [-0.4, -0.2) is 63.0 Å². The number of nitrogens with one attached hydrogen (secondary N) is 3. The number of piperidine rings is 1. The number of likely N-dealkylation sites (tertiary alicyclic amines) is 1. The Morgan fingerprint density at radius 1 is 1.07 bits per heavy atom. The van der Waals surface area contributed by atoms with Gasteiger partial charge in [-0.2, -0.15) is 0 Å². The second-order valence-electron chi connectivity index (χ2n) is 11.1. The lowest BCUT2D eigenvalue weighted by atomic mass is 9.95. The van der Waals surface area contributed by atoms with Crippen molar-refractivity contribution >= 4 is 45.7 Å². The number of hydrogen-bond donors (Lipinski definition) is 3. The molecule has 1 aliphatic rings. The lowest BCUT2D eigenvalue weighted by Crippen LogP contribution is -2.43. The summed E-state index contributed by atoms with van der Waals surface area (Å²) in [6.07, 6.45) is 4.04. The predicted molar refractivity (Wildman–Crippen MR) is 153 cm³/mol. The van der Waals surface area contributed by atoms with Gasteiger partial charge in [-0.05, 0) is 69.5 Å². The molecule has 0 aliphatic carbocycles. The summed E-state index contributed by atoms with van der Waals surface area (Å²) in [5.74, 6) is -0.123. The Morgan fingerprint density at radius 2 is 1.88 bits per heavy atom. The fourth-order valence-electron chi connectivity index (χ4n) is 4.93. The van der Waals surface area contributed by atoms with Crippen molar-refractivity contribution in [3.63, 3.8) is 0 Å². The van der Waals surface area contributed by atoms with Gasteiger partial charge in [0.1, 0.15) is 16.8 Å². The molecular weight excluding hydrogens is 508 g/mol. The maximum Gasteiger partial charge on any atom is 0.410 e. The molecule has 0 saturated carbocycles. The highest BCUT2D eigenvalue weighted by Gasteiger charge is 2.27. The Hall–Kier alpha value is -4.47. The van der Waals surface area contributed by atoms with Gasteiger partial charge in [-0.15, -0.1) is 0 Å². The van der Waals surface area contributed by atoms with E-state index in [1.807, 2.05) is 45.0 Å². The quantitative estimate of drug-likeness (QED) is 0.310.